The molecule has 0 aliphatic rings. The molecule has 4 nitrogen and oxygen atoms in total. The average Bonchev–Trinajstić information content (AvgIpc) is 2.50. The molecular weight excluding hydrogens is 371 g/mol. The number of halogens is 2. The zero-order valence-corrected chi connectivity index (χ0v) is 16.8. The summed E-state index contributed by atoms with van der Waals surface area (Å²) in [7, 11) is 0. The van der Waals surface area contributed by atoms with Gasteiger partial charge in [0.25, 0.3) is 0 Å². The third kappa shape index (κ3) is 5.23. The van der Waals surface area contributed by atoms with Crippen LogP contribution in [0.4, 0.5) is 11.4 Å². The highest BCUT2D eigenvalue weighted by atomic mass is 35.5. The minimum atomic E-state index is -0.331. The first kappa shape index (κ1) is 20.3. The van der Waals surface area contributed by atoms with E-state index in [1.807, 2.05) is 24.3 Å². The number of hydrogen-bond acceptors (Lipinski definition) is 2. The average molecular weight is 393 g/mol. The molecular formula is C20H22Cl2N2O2. The van der Waals surface area contributed by atoms with E-state index in [1.165, 1.54) is 11.8 Å². The maximum Gasteiger partial charge on any atom is 0.244 e. The van der Waals surface area contributed by atoms with E-state index < -0.39 is 0 Å². The van der Waals surface area contributed by atoms with Crippen molar-refractivity contribution in [1.82, 2.24) is 0 Å². The Kier molecular flexibility index (Phi) is 6.32. The summed E-state index contributed by atoms with van der Waals surface area (Å²) in [5, 5.41) is 3.59. The number of nitrogens with one attached hydrogen (secondary N) is 1. The molecule has 0 radical (unpaired) electrons. The first-order valence-electron chi connectivity index (χ1n) is 8.21. The molecule has 0 heterocycles. The summed E-state index contributed by atoms with van der Waals surface area (Å²) in [6, 6.07) is 12.4. The van der Waals surface area contributed by atoms with E-state index in [2.05, 4.69) is 26.1 Å². The summed E-state index contributed by atoms with van der Waals surface area (Å²) in [6.45, 7) is 7.55. The molecule has 138 valence electrons. The van der Waals surface area contributed by atoms with Gasteiger partial charge in [-0.3, -0.25) is 9.59 Å². The summed E-state index contributed by atoms with van der Waals surface area (Å²) in [5.41, 5.74) is 2.04. The SMILES string of the molecule is CC(=O)N(CC(=O)Nc1cc(Cl)cc(Cl)c1)c1ccccc1C(C)(C)C. The zero-order valence-electron chi connectivity index (χ0n) is 15.3. The number of nitrogens with zero attached hydrogens (tertiary/aromatic N) is 1. The third-order valence-corrected chi connectivity index (χ3v) is 4.27. The number of benzene rings is 2. The molecule has 0 atom stereocenters. The van der Waals surface area contributed by atoms with Gasteiger partial charge in [0, 0.05) is 28.3 Å². The fourth-order valence-corrected chi connectivity index (χ4v) is 3.21. The maximum atomic E-state index is 12.5. The van der Waals surface area contributed by atoms with Gasteiger partial charge in [-0.1, -0.05) is 62.2 Å². The fourth-order valence-electron chi connectivity index (χ4n) is 2.68. The Bertz CT molecular complexity index is 809. The van der Waals surface area contributed by atoms with Crippen LogP contribution in [0.25, 0.3) is 0 Å². The van der Waals surface area contributed by atoms with Crippen LogP contribution >= 0.6 is 23.2 Å². The molecule has 0 unspecified atom stereocenters. The number of para-hydroxylation sites is 1. The van der Waals surface area contributed by atoms with Crippen LogP contribution in [0.2, 0.25) is 10.0 Å². The van der Waals surface area contributed by atoms with E-state index >= 15 is 0 Å². The normalized spacial score (nSPS) is 11.2. The molecule has 0 fully saturated rings. The first-order chi connectivity index (χ1) is 12.1. The lowest BCUT2D eigenvalue weighted by molar-refractivity contribution is -0.120. The highest BCUT2D eigenvalue weighted by Crippen LogP contribution is 2.32. The largest absolute Gasteiger partial charge is 0.324 e. The van der Waals surface area contributed by atoms with Crippen molar-refractivity contribution >= 4 is 46.4 Å². The monoisotopic (exact) mass is 392 g/mol. The second kappa shape index (κ2) is 8.11. The van der Waals surface area contributed by atoms with Crippen LogP contribution in [-0.4, -0.2) is 18.4 Å². The summed E-state index contributed by atoms with van der Waals surface area (Å²) in [4.78, 5) is 26.2. The standard InChI is InChI=1S/C20H22Cl2N2O2/c1-13(25)24(18-8-6-5-7-17(18)20(2,3)4)12-19(26)23-16-10-14(21)9-15(22)11-16/h5-11H,12H2,1-4H3,(H,23,26). The highest BCUT2D eigenvalue weighted by Gasteiger charge is 2.24. The van der Waals surface area contributed by atoms with Crippen molar-refractivity contribution in [2.45, 2.75) is 33.1 Å². The van der Waals surface area contributed by atoms with E-state index in [-0.39, 0.29) is 23.8 Å². The minimum absolute atomic E-state index is 0.105. The lowest BCUT2D eigenvalue weighted by atomic mass is 9.85. The molecule has 0 aliphatic heterocycles. The van der Waals surface area contributed by atoms with Crippen LogP contribution in [-0.2, 0) is 15.0 Å². The topological polar surface area (TPSA) is 49.4 Å². The van der Waals surface area contributed by atoms with Gasteiger partial charge < -0.3 is 10.2 Å². The lowest BCUT2D eigenvalue weighted by Gasteiger charge is -2.29. The van der Waals surface area contributed by atoms with Crippen molar-refractivity contribution < 1.29 is 9.59 Å². The summed E-state index contributed by atoms with van der Waals surface area (Å²) in [6.07, 6.45) is 0. The molecule has 2 rings (SSSR count). The van der Waals surface area contributed by atoms with E-state index in [0.29, 0.717) is 15.7 Å². The van der Waals surface area contributed by atoms with Gasteiger partial charge >= 0.3 is 0 Å². The summed E-state index contributed by atoms with van der Waals surface area (Å²) < 4.78 is 0. The van der Waals surface area contributed by atoms with Crippen molar-refractivity contribution in [3.05, 3.63) is 58.1 Å². The smallest absolute Gasteiger partial charge is 0.244 e. The number of carbonyl (C=O) groups is 2. The van der Waals surface area contributed by atoms with E-state index in [4.69, 9.17) is 23.2 Å². The van der Waals surface area contributed by atoms with E-state index in [0.717, 1.165) is 11.3 Å². The van der Waals surface area contributed by atoms with Gasteiger partial charge in [0.2, 0.25) is 11.8 Å². The Labute approximate surface area is 164 Å². The number of anilines is 2. The number of rotatable bonds is 4. The van der Waals surface area contributed by atoms with Crippen LogP contribution in [0.5, 0.6) is 0 Å². The van der Waals surface area contributed by atoms with Crippen molar-refractivity contribution in [3.8, 4) is 0 Å². The Hall–Kier alpha value is -2.04. The Balaban J connectivity index is 2.27. The second-order valence-electron chi connectivity index (χ2n) is 7.08. The Morgan fingerprint density at radius 2 is 1.62 bits per heavy atom. The van der Waals surface area contributed by atoms with Crippen molar-refractivity contribution in [2.24, 2.45) is 0 Å². The second-order valence-corrected chi connectivity index (χ2v) is 7.95. The molecule has 26 heavy (non-hydrogen) atoms. The predicted molar refractivity (Wildman–Crippen MR) is 108 cm³/mol. The molecule has 1 N–H and O–H groups in total. The zero-order chi connectivity index (χ0) is 19.5. The molecule has 0 aliphatic carbocycles. The van der Waals surface area contributed by atoms with Gasteiger partial charge in [-0.2, -0.15) is 0 Å². The molecule has 2 aromatic rings. The Morgan fingerprint density at radius 1 is 1.04 bits per heavy atom. The van der Waals surface area contributed by atoms with Crippen LogP contribution in [0.1, 0.15) is 33.3 Å². The van der Waals surface area contributed by atoms with Crippen LogP contribution < -0.4 is 10.2 Å². The highest BCUT2D eigenvalue weighted by molar-refractivity contribution is 6.35. The Morgan fingerprint density at radius 3 is 2.15 bits per heavy atom. The molecule has 2 amide bonds. The lowest BCUT2D eigenvalue weighted by Crippen LogP contribution is -2.38. The molecule has 0 bridgehead atoms. The fraction of sp³-hybridized carbons (Fsp3) is 0.300. The van der Waals surface area contributed by atoms with Crippen LogP contribution in [0.3, 0.4) is 0 Å². The van der Waals surface area contributed by atoms with Crippen LogP contribution in [0, 0.1) is 0 Å². The molecule has 6 heteroatoms. The van der Waals surface area contributed by atoms with Gasteiger partial charge in [-0.15, -0.1) is 0 Å². The minimum Gasteiger partial charge on any atom is -0.324 e. The molecule has 2 aromatic carbocycles. The molecule has 0 aromatic heterocycles. The molecule has 0 saturated carbocycles. The van der Waals surface area contributed by atoms with Gasteiger partial charge in [-0.25, -0.2) is 0 Å². The molecule has 0 saturated heterocycles. The number of carbonyl (C=O) groups excluding carboxylic acids is 2. The number of amides is 2. The van der Waals surface area contributed by atoms with Crippen molar-refractivity contribution in [3.63, 3.8) is 0 Å². The summed E-state index contributed by atoms with van der Waals surface area (Å²) in [5.74, 6) is -0.539. The first-order valence-corrected chi connectivity index (χ1v) is 8.97. The van der Waals surface area contributed by atoms with Crippen molar-refractivity contribution in [1.29, 1.82) is 0 Å². The van der Waals surface area contributed by atoms with E-state index in [1.54, 1.807) is 18.2 Å². The van der Waals surface area contributed by atoms with Crippen molar-refractivity contribution in [2.75, 3.05) is 16.8 Å². The maximum absolute atomic E-state index is 12.5. The molecule has 0 spiro atoms. The predicted octanol–water partition coefficient (Wildman–Crippen LogP) is 5.28. The van der Waals surface area contributed by atoms with Gasteiger partial charge in [0.15, 0.2) is 0 Å². The van der Waals surface area contributed by atoms with E-state index in [9.17, 15) is 9.59 Å². The number of hydrogen-bond donors (Lipinski definition) is 1. The van der Waals surface area contributed by atoms with Crippen LogP contribution in [0.15, 0.2) is 42.5 Å². The van der Waals surface area contributed by atoms with Gasteiger partial charge in [-0.05, 0) is 35.2 Å². The van der Waals surface area contributed by atoms with Gasteiger partial charge in [0.05, 0.1) is 0 Å². The quantitative estimate of drug-likeness (QED) is 0.768. The third-order valence-electron chi connectivity index (χ3n) is 3.83. The van der Waals surface area contributed by atoms with Gasteiger partial charge in [0.1, 0.15) is 6.54 Å². The summed E-state index contributed by atoms with van der Waals surface area (Å²) >= 11 is 11.9.